The van der Waals surface area contributed by atoms with Crippen molar-refractivity contribution in [3.8, 4) is 11.1 Å². The van der Waals surface area contributed by atoms with Crippen molar-refractivity contribution in [3.63, 3.8) is 0 Å². The highest BCUT2D eigenvalue weighted by Crippen LogP contribution is 2.44. The zero-order valence-electron chi connectivity index (χ0n) is 19.9. The van der Waals surface area contributed by atoms with Gasteiger partial charge >= 0.3 is 12.1 Å². The third kappa shape index (κ3) is 6.37. The predicted molar refractivity (Wildman–Crippen MR) is 131 cm³/mol. The first-order chi connectivity index (χ1) is 16.4. The van der Waals surface area contributed by atoms with Crippen molar-refractivity contribution in [2.24, 2.45) is 5.92 Å². The first kappa shape index (κ1) is 25.3. The number of rotatable bonds is 12. The number of carbonyl (C=O) groups excluding carboxylic acids is 2. The Kier molecular flexibility index (Phi) is 9.08. The number of ether oxygens (including phenoxy) is 1. The first-order valence-corrected chi connectivity index (χ1v) is 12.1. The van der Waals surface area contributed by atoms with Gasteiger partial charge in [0.05, 0.1) is 12.3 Å². The molecular weight excluding hydrogens is 432 g/mol. The van der Waals surface area contributed by atoms with Gasteiger partial charge in [-0.3, -0.25) is 9.59 Å². The van der Waals surface area contributed by atoms with E-state index < -0.39 is 24.0 Å². The second-order valence-electron chi connectivity index (χ2n) is 8.78. The van der Waals surface area contributed by atoms with E-state index >= 15 is 0 Å². The highest BCUT2D eigenvalue weighted by molar-refractivity contribution is 5.81. The van der Waals surface area contributed by atoms with Gasteiger partial charge < -0.3 is 20.5 Å². The van der Waals surface area contributed by atoms with Gasteiger partial charge in [-0.2, -0.15) is 0 Å². The fourth-order valence-corrected chi connectivity index (χ4v) is 4.63. The molecule has 0 spiro atoms. The molecule has 1 unspecified atom stereocenters. The Balaban J connectivity index is 1.56. The van der Waals surface area contributed by atoms with Gasteiger partial charge in [0.25, 0.3) is 0 Å². The summed E-state index contributed by atoms with van der Waals surface area (Å²) >= 11 is 0. The lowest BCUT2D eigenvalue weighted by Gasteiger charge is -2.22. The SMILES string of the molecule is CCCC(CNC(=O)OCC1c2ccccc2-c2ccccc21)C(=O)N[C@H](CCC)CC(=O)O. The van der Waals surface area contributed by atoms with Crippen LogP contribution in [0.25, 0.3) is 11.1 Å². The Labute approximate surface area is 200 Å². The average Bonchev–Trinajstić information content (AvgIpc) is 3.14. The summed E-state index contributed by atoms with van der Waals surface area (Å²) < 4.78 is 5.56. The third-order valence-corrected chi connectivity index (χ3v) is 6.25. The smallest absolute Gasteiger partial charge is 0.407 e. The second-order valence-corrected chi connectivity index (χ2v) is 8.78. The summed E-state index contributed by atoms with van der Waals surface area (Å²) in [6, 6.07) is 15.9. The van der Waals surface area contributed by atoms with Crippen LogP contribution in [0.2, 0.25) is 0 Å². The molecule has 2 atom stereocenters. The summed E-state index contributed by atoms with van der Waals surface area (Å²) in [5.74, 6) is -1.65. The van der Waals surface area contributed by atoms with Gasteiger partial charge in [0.1, 0.15) is 6.61 Å². The molecule has 0 fully saturated rings. The standard InChI is InChI=1S/C27H34N2O5/c1-3-9-18(26(32)29-19(10-4-2)15-25(30)31)16-28-27(33)34-17-24-22-13-7-5-11-20(22)21-12-6-8-14-23(21)24/h5-8,11-14,18-19,24H,3-4,9-10,15-17H2,1-2H3,(H,28,33)(H,29,32)(H,30,31)/t18?,19-/m1/s1. The highest BCUT2D eigenvalue weighted by atomic mass is 16.5. The monoisotopic (exact) mass is 466 g/mol. The number of hydrogen-bond acceptors (Lipinski definition) is 4. The van der Waals surface area contributed by atoms with Crippen molar-refractivity contribution in [2.75, 3.05) is 13.2 Å². The molecule has 2 aromatic carbocycles. The van der Waals surface area contributed by atoms with Crippen LogP contribution in [-0.2, 0) is 14.3 Å². The fraction of sp³-hybridized carbons (Fsp3) is 0.444. The van der Waals surface area contributed by atoms with Crippen LogP contribution >= 0.6 is 0 Å². The maximum atomic E-state index is 12.8. The van der Waals surface area contributed by atoms with Crippen LogP contribution in [0.4, 0.5) is 4.79 Å². The van der Waals surface area contributed by atoms with Crippen LogP contribution in [0.1, 0.15) is 63.0 Å². The molecule has 0 heterocycles. The van der Waals surface area contributed by atoms with E-state index in [0.29, 0.717) is 12.8 Å². The van der Waals surface area contributed by atoms with Crippen molar-refractivity contribution >= 4 is 18.0 Å². The number of carboxylic acids is 1. The van der Waals surface area contributed by atoms with Crippen molar-refractivity contribution < 1.29 is 24.2 Å². The lowest BCUT2D eigenvalue weighted by atomic mass is 9.98. The number of carboxylic acid groups (broad SMARTS) is 1. The van der Waals surface area contributed by atoms with Gasteiger partial charge in [-0.15, -0.1) is 0 Å². The van der Waals surface area contributed by atoms with Gasteiger partial charge in [-0.1, -0.05) is 75.2 Å². The second kappa shape index (κ2) is 12.2. The van der Waals surface area contributed by atoms with E-state index in [1.807, 2.05) is 38.1 Å². The van der Waals surface area contributed by atoms with Crippen molar-refractivity contribution in [2.45, 2.75) is 57.9 Å². The molecule has 3 rings (SSSR count). The Morgan fingerprint density at radius 2 is 1.53 bits per heavy atom. The van der Waals surface area contributed by atoms with Crippen LogP contribution in [0, 0.1) is 5.92 Å². The topological polar surface area (TPSA) is 105 Å². The third-order valence-electron chi connectivity index (χ3n) is 6.25. The van der Waals surface area contributed by atoms with E-state index in [-0.39, 0.29) is 31.4 Å². The lowest BCUT2D eigenvalue weighted by Crippen LogP contribution is -2.44. The number of carbonyl (C=O) groups is 3. The maximum Gasteiger partial charge on any atom is 0.407 e. The Morgan fingerprint density at radius 3 is 2.09 bits per heavy atom. The Bertz CT molecular complexity index is 961. The lowest BCUT2D eigenvalue weighted by molar-refractivity contribution is -0.137. The summed E-state index contributed by atoms with van der Waals surface area (Å²) in [7, 11) is 0. The minimum absolute atomic E-state index is 0.0290. The molecule has 7 heteroatoms. The number of fused-ring (bicyclic) bond motifs is 3. The zero-order valence-corrected chi connectivity index (χ0v) is 19.9. The zero-order chi connectivity index (χ0) is 24.5. The number of nitrogens with one attached hydrogen (secondary N) is 2. The predicted octanol–water partition coefficient (Wildman–Crippen LogP) is 4.70. The molecule has 182 valence electrons. The summed E-state index contributed by atoms with van der Waals surface area (Å²) in [5.41, 5.74) is 4.60. The minimum Gasteiger partial charge on any atom is -0.481 e. The van der Waals surface area contributed by atoms with E-state index in [1.165, 1.54) is 0 Å². The number of benzene rings is 2. The number of alkyl carbamates (subject to hydrolysis) is 1. The molecule has 34 heavy (non-hydrogen) atoms. The summed E-state index contributed by atoms with van der Waals surface area (Å²) in [5, 5.41) is 14.7. The highest BCUT2D eigenvalue weighted by Gasteiger charge is 2.29. The van der Waals surface area contributed by atoms with Gasteiger partial charge in [0.15, 0.2) is 0 Å². The van der Waals surface area contributed by atoms with Crippen LogP contribution in [0.5, 0.6) is 0 Å². The maximum absolute atomic E-state index is 12.8. The summed E-state index contributed by atoms with van der Waals surface area (Å²) in [6.45, 7) is 4.27. The van der Waals surface area contributed by atoms with Crippen molar-refractivity contribution in [1.29, 1.82) is 0 Å². The Morgan fingerprint density at radius 1 is 0.941 bits per heavy atom. The van der Waals surface area contributed by atoms with Gasteiger partial charge in [0, 0.05) is 18.5 Å². The summed E-state index contributed by atoms with van der Waals surface area (Å²) in [4.78, 5) is 36.3. The van der Waals surface area contributed by atoms with Crippen LogP contribution < -0.4 is 10.6 Å². The number of aliphatic carboxylic acids is 1. The normalized spacial score (nSPS) is 13.9. The Hall–Kier alpha value is -3.35. The molecule has 1 aliphatic rings. The van der Waals surface area contributed by atoms with Crippen LogP contribution in [0.15, 0.2) is 48.5 Å². The van der Waals surface area contributed by atoms with Crippen molar-refractivity contribution in [1.82, 2.24) is 10.6 Å². The molecule has 0 saturated heterocycles. The van der Waals surface area contributed by atoms with Gasteiger partial charge in [-0.05, 0) is 35.1 Å². The molecule has 2 amide bonds. The molecule has 0 saturated carbocycles. The molecule has 0 aromatic heterocycles. The first-order valence-electron chi connectivity index (χ1n) is 12.1. The fourth-order valence-electron chi connectivity index (χ4n) is 4.63. The molecular formula is C27H34N2O5. The molecule has 3 N–H and O–H groups in total. The molecule has 0 radical (unpaired) electrons. The quantitative estimate of drug-likeness (QED) is 0.421. The van der Waals surface area contributed by atoms with E-state index in [2.05, 4.69) is 34.9 Å². The van der Waals surface area contributed by atoms with Crippen LogP contribution in [0.3, 0.4) is 0 Å². The average molecular weight is 467 g/mol. The van der Waals surface area contributed by atoms with E-state index in [0.717, 1.165) is 35.1 Å². The molecule has 2 aromatic rings. The van der Waals surface area contributed by atoms with E-state index in [4.69, 9.17) is 9.84 Å². The van der Waals surface area contributed by atoms with Gasteiger partial charge in [0.2, 0.25) is 5.91 Å². The number of amides is 2. The molecule has 7 nitrogen and oxygen atoms in total. The minimum atomic E-state index is -0.942. The van der Waals surface area contributed by atoms with E-state index in [1.54, 1.807) is 0 Å². The van der Waals surface area contributed by atoms with Gasteiger partial charge in [-0.25, -0.2) is 4.79 Å². The largest absolute Gasteiger partial charge is 0.481 e. The summed E-state index contributed by atoms with van der Waals surface area (Å²) in [6.07, 6.45) is 2.04. The van der Waals surface area contributed by atoms with Crippen LogP contribution in [-0.4, -0.2) is 42.3 Å². The van der Waals surface area contributed by atoms with E-state index in [9.17, 15) is 14.4 Å². The molecule has 0 bridgehead atoms. The number of hydrogen-bond donors (Lipinski definition) is 3. The molecule has 1 aliphatic carbocycles. The van der Waals surface area contributed by atoms with Crippen molar-refractivity contribution in [3.05, 3.63) is 59.7 Å². The molecule has 0 aliphatic heterocycles.